The van der Waals surface area contributed by atoms with Crippen molar-refractivity contribution in [1.29, 1.82) is 0 Å². The molecule has 1 heterocycles. The molecular formula is C16H14N2O3. The van der Waals surface area contributed by atoms with Crippen molar-refractivity contribution in [1.82, 2.24) is 4.90 Å². The van der Waals surface area contributed by atoms with Crippen molar-refractivity contribution in [3.8, 4) is 0 Å². The molecule has 0 bridgehead atoms. The molecule has 106 valence electrons. The lowest BCUT2D eigenvalue weighted by molar-refractivity contribution is -0.138. The zero-order valence-corrected chi connectivity index (χ0v) is 11.2. The fourth-order valence-electron chi connectivity index (χ4n) is 2.50. The molecule has 1 aliphatic heterocycles. The lowest BCUT2D eigenvalue weighted by atomic mass is 10.0. The Kier molecular flexibility index (Phi) is 3.31. The Balaban J connectivity index is 2.05. The van der Waals surface area contributed by atoms with Gasteiger partial charge in [-0.3, -0.25) is 9.59 Å². The van der Waals surface area contributed by atoms with E-state index in [1.807, 2.05) is 42.5 Å². The Morgan fingerprint density at radius 2 is 1.76 bits per heavy atom. The van der Waals surface area contributed by atoms with E-state index in [1.54, 1.807) is 12.1 Å². The van der Waals surface area contributed by atoms with Crippen LogP contribution in [0, 0.1) is 0 Å². The van der Waals surface area contributed by atoms with Gasteiger partial charge >= 0.3 is 5.97 Å². The molecule has 0 aliphatic carbocycles. The number of nitrogens with one attached hydrogen (secondary N) is 1. The van der Waals surface area contributed by atoms with Gasteiger partial charge in [-0.2, -0.15) is 0 Å². The maximum Gasteiger partial charge on any atom is 0.323 e. The van der Waals surface area contributed by atoms with Crippen LogP contribution in [0.25, 0.3) is 0 Å². The molecule has 2 aromatic rings. The Labute approximate surface area is 121 Å². The molecule has 1 atom stereocenters. The highest BCUT2D eigenvalue weighted by molar-refractivity contribution is 6.02. The number of fused-ring (bicyclic) bond motifs is 1. The summed E-state index contributed by atoms with van der Waals surface area (Å²) in [6.45, 7) is -0.347. The number of hydrogen-bond acceptors (Lipinski definition) is 3. The summed E-state index contributed by atoms with van der Waals surface area (Å²) in [6.07, 6.45) is -0.482. The number of para-hydroxylation sites is 1. The maximum atomic E-state index is 12.6. The van der Waals surface area contributed by atoms with E-state index in [-0.39, 0.29) is 12.5 Å². The van der Waals surface area contributed by atoms with Crippen molar-refractivity contribution in [2.75, 3.05) is 11.9 Å². The number of benzene rings is 2. The molecule has 0 fully saturated rings. The van der Waals surface area contributed by atoms with Gasteiger partial charge in [0.05, 0.1) is 5.56 Å². The van der Waals surface area contributed by atoms with E-state index in [0.29, 0.717) is 5.56 Å². The second-order valence-electron chi connectivity index (χ2n) is 4.83. The normalized spacial score (nSPS) is 17.0. The summed E-state index contributed by atoms with van der Waals surface area (Å²) in [5.41, 5.74) is 2.06. The topological polar surface area (TPSA) is 69.6 Å². The van der Waals surface area contributed by atoms with E-state index < -0.39 is 12.1 Å². The van der Waals surface area contributed by atoms with Crippen LogP contribution in [0.15, 0.2) is 54.6 Å². The zero-order chi connectivity index (χ0) is 14.8. The number of carboxylic acids is 1. The number of rotatable bonds is 3. The molecule has 0 saturated carbocycles. The highest BCUT2D eigenvalue weighted by atomic mass is 16.4. The standard InChI is InChI=1S/C16H14N2O3/c19-14(20)10-18-15(11-6-2-1-3-7-11)17-13-9-5-4-8-12(13)16(18)21/h1-9,15,17H,10H2,(H,19,20)/t15-/m0/s1. The Morgan fingerprint density at radius 3 is 2.48 bits per heavy atom. The molecule has 0 aromatic heterocycles. The van der Waals surface area contributed by atoms with Gasteiger partial charge in [0, 0.05) is 5.69 Å². The number of carbonyl (C=O) groups excluding carboxylic acids is 1. The van der Waals surface area contributed by atoms with Crippen LogP contribution in [0.1, 0.15) is 22.1 Å². The van der Waals surface area contributed by atoms with Gasteiger partial charge in [-0.15, -0.1) is 0 Å². The quantitative estimate of drug-likeness (QED) is 0.906. The van der Waals surface area contributed by atoms with Crippen LogP contribution < -0.4 is 5.32 Å². The van der Waals surface area contributed by atoms with Crippen LogP contribution in [-0.2, 0) is 4.79 Å². The fourth-order valence-corrected chi connectivity index (χ4v) is 2.50. The van der Waals surface area contributed by atoms with Crippen LogP contribution in [0.2, 0.25) is 0 Å². The predicted molar refractivity (Wildman–Crippen MR) is 77.9 cm³/mol. The Bertz CT molecular complexity index is 685. The molecular weight excluding hydrogens is 268 g/mol. The Morgan fingerprint density at radius 1 is 1.10 bits per heavy atom. The van der Waals surface area contributed by atoms with Crippen molar-refractivity contribution < 1.29 is 14.7 Å². The monoisotopic (exact) mass is 282 g/mol. The van der Waals surface area contributed by atoms with Crippen molar-refractivity contribution >= 4 is 17.6 Å². The van der Waals surface area contributed by atoms with Crippen LogP contribution in [0.4, 0.5) is 5.69 Å². The number of hydrogen-bond donors (Lipinski definition) is 2. The molecule has 5 heteroatoms. The van der Waals surface area contributed by atoms with Gasteiger partial charge in [-0.1, -0.05) is 42.5 Å². The summed E-state index contributed by atoms with van der Waals surface area (Å²) in [6, 6.07) is 16.5. The first-order valence-electron chi connectivity index (χ1n) is 6.60. The average molecular weight is 282 g/mol. The molecule has 1 aliphatic rings. The number of carboxylic acid groups (broad SMARTS) is 1. The van der Waals surface area contributed by atoms with Gasteiger partial charge in [0.2, 0.25) is 0 Å². The highest BCUT2D eigenvalue weighted by Crippen LogP contribution is 2.32. The molecule has 2 aromatic carbocycles. The smallest absolute Gasteiger partial charge is 0.323 e. The number of anilines is 1. The summed E-state index contributed by atoms with van der Waals surface area (Å²) in [5, 5.41) is 12.3. The van der Waals surface area contributed by atoms with Gasteiger partial charge in [0.25, 0.3) is 5.91 Å². The van der Waals surface area contributed by atoms with Gasteiger partial charge in [-0.05, 0) is 17.7 Å². The lowest BCUT2D eigenvalue weighted by Gasteiger charge is -2.37. The van der Waals surface area contributed by atoms with Crippen molar-refractivity contribution in [2.45, 2.75) is 6.17 Å². The van der Waals surface area contributed by atoms with E-state index in [0.717, 1.165) is 11.3 Å². The SMILES string of the molecule is O=C(O)CN1C(=O)c2ccccc2N[C@@H]1c1ccccc1. The Hall–Kier alpha value is -2.82. The van der Waals surface area contributed by atoms with Crippen LogP contribution in [0.5, 0.6) is 0 Å². The first kappa shape index (κ1) is 13.2. The van der Waals surface area contributed by atoms with E-state index in [2.05, 4.69) is 5.32 Å². The molecule has 21 heavy (non-hydrogen) atoms. The summed E-state index contributed by atoms with van der Waals surface area (Å²) in [5.74, 6) is -1.31. The molecule has 5 nitrogen and oxygen atoms in total. The third kappa shape index (κ3) is 2.45. The average Bonchev–Trinajstić information content (AvgIpc) is 2.50. The minimum atomic E-state index is -1.04. The van der Waals surface area contributed by atoms with Gasteiger partial charge < -0.3 is 15.3 Å². The summed E-state index contributed by atoms with van der Waals surface area (Å²) in [4.78, 5) is 25.0. The van der Waals surface area contributed by atoms with Gasteiger partial charge in [0.15, 0.2) is 0 Å². The number of amides is 1. The molecule has 0 saturated heterocycles. The molecule has 0 spiro atoms. The predicted octanol–water partition coefficient (Wildman–Crippen LogP) is 2.34. The minimum Gasteiger partial charge on any atom is -0.480 e. The maximum absolute atomic E-state index is 12.6. The lowest BCUT2D eigenvalue weighted by Crippen LogP contribution is -2.45. The number of nitrogens with zero attached hydrogens (tertiary/aromatic N) is 1. The molecule has 3 rings (SSSR count). The fraction of sp³-hybridized carbons (Fsp3) is 0.125. The first-order chi connectivity index (χ1) is 10.2. The van der Waals surface area contributed by atoms with Crippen molar-refractivity contribution in [3.63, 3.8) is 0 Å². The summed E-state index contributed by atoms with van der Waals surface area (Å²) >= 11 is 0. The zero-order valence-electron chi connectivity index (χ0n) is 11.2. The second-order valence-corrected chi connectivity index (χ2v) is 4.83. The van der Waals surface area contributed by atoms with Gasteiger partial charge in [-0.25, -0.2) is 0 Å². The van der Waals surface area contributed by atoms with Crippen molar-refractivity contribution in [3.05, 3.63) is 65.7 Å². The van der Waals surface area contributed by atoms with Gasteiger partial charge in [0.1, 0.15) is 12.7 Å². The summed E-state index contributed by atoms with van der Waals surface area (Å²) < 4.78 is 0. The van der Waals surface area contributed by atoms with E-state index in [1.165, 1.54) is 4.90 Å². The second kappa shape index (κ2) is 5.28. The van der Waals surface area contributed by atoms with E-state index in [4.69, 9.17) is 5.11 Å². The van der Waals surface area contributed by atoms with E-state index >= 15 is 0 Å². The molecule has 1 amide bonds. The van der Waals surface area contributed by atoms with Crippen LogP contribution in [0.3, 0.4) is 0 Å². The minimum absolute atomic E-state index is 0.277. The summed E-state index contributed by atoms with van der Waals surface area (Å²) in [7, 11) is 0. The van der Waals surface area contributed by atoms with Crippen LogP contribution >= 0.6 is 0 Å². The largest absolute Gasteiger partial charge is 0.480 e. The molecule has 0 radical (unpaired) electrons. The third-order valence-electron chi connectivity index (χ3n) is 3.44. The number of aliphatic carboxylic acids is 1. The number of carbonyl (C=O) groups is 2. The third-order valence-corrected chi connectivity index (χ3v) is 3.44. The molecule has 0 unspecified atom stereocenters. The first-order valence-corrected chi connectivity index (χ1v) is 6.60. The van der Waals surface area contributed by atoms with E-state index in [9.17, 15) is 9.59 Å². The van der Waals surface area contributed by atoms with Crippen LogP contribution in [-0.4, -0.2) is 28.4 Å². The highest BCUT2D eigenvalue weighted by Gasteiger charge is 2.33. The molecule has 2 N–H and O–H groups in total. The van der Waals surface area contributed by atoms with Crippen molar-refractivity contribution in [2.24, 2.45) is 0 Å².